The van der Waals surface area contributed by atoms with Crippen molar-refractivity contribution in [1.82, 2.24) is 19.7 Å². The van der Waals surface area contributed by atoms with Crippen LogP contribution < -0.4 is 5.32 Å². The smallest absolute Gasteiger partial charge is 0.411 e. The third-order valence-corrected chi connectivity index (χ3v) is 7.13. The third kappa shape index (κ3) is 5.91. The second kappa shape index (κ2) is 11.6. The third-order valence-electron chi connectivity index (χ3n) is 7.13. The average Bonchev–Trinajstić information content (AvgIpc) is 3.29. The zero-order valence-corrected chi connectivity index (χ0v) is 21.6. The number of carbonyl (C=O) groups is 3. The van der Waals surface area contributed by atoms with E-state index in [4.69, 9.17) is 4.74 Å². The van der Waals surface area contributed by atoms with Crippen LogP contribution in [0.1, 0.15) is 34.5 Å². The van der Waals surface area contributed by atoms with Gasteiger partial charge in [0, 0.05) is 44.3 Å². The maximum atomic E-state index is 13.9. The largest absolute Gasteiger partial charge is 0.438 e. The molecule has 2 aliphatic heterocycles. The molecule has 202 valence electrons. The molecule has 39 heavy (non-hydrogen) atoms. The summed E-state index contributed by atoms with van der Waals surface area (Å²) in [6, 6.07) is 15.3. The number of nitrogens with zero attached hydrogens (tertiary/aromatic N) is 4. The fourth-order valence-electron chi connectivity index (χ4n) is 4.95. The number of nitrogens with one attached hydrogen (secondary N) is 1. The first-order valence-corrected chi connectivity index (χ1v) is 13.0. The second-order valence-corrected chi connectivity index (χ2v) is 9.58. The lowest BCUT2D eigenvalue weighted by atomic mass is 9.99. The molecule has 5 rings (SSSR count). The molecule has 3 heterocycles. The van der Waals surface area contributed by atoms with Crippen LogP contribution in [0.15, 0.2) is 73.1 Å². The van der Waals surface area contributed by atoms with Crippen molar-refractivity contribution in [3.8, 4) is 0 Å². The number of cyclic esters (lactones) is 1. The van der Waals surface area contributed by atoms with Crippen LogP contribution in [-0.2, 0) is 16.1 Å². The Balaban J connectivity index is 1.38. The number of carbonyl (C=O) groups excluding carboxylic acids is 3. The lowest BCUT2D eigenvalue weighted by Crippen LogP contribution is -2.54. The summed E-state index contributed by atoms with van der Waals surface area (Å²) in [6.45, 7) is 5.64. The SMILES string of the molecule is CCN1CCN(C(=O)C2C(c3ccc(NC(=O)c4cccnc4)cc3)OC(=O)N2Cc2cccc(F)c2)CC1. The summed E-state index contributed by atoms with van der Waals surface area (Å²) in [7, 11) is 0. The maximum Gasteiger partial charge on any atom is 0.411 e. The molecule has 1 aromatic heterocycles. The Kier molecular flexibility index (Phi) is 7.83. The van der Waals surface area contributed by atoms with E-state index < -0.39 is 24.1 Å². The molecule has 2 atom stereocenters. The fraction of sp³-hybridized carbons (Fsp3) is 0.310. The van der Waals surface area contributed by atoms with E-state index >= 15 is 0 Å². The molecule has 3 aromatic rings. The molecule has 2 aromatic carbocycles. The van der Waals surface area contributed by atoms with Crippen molar-refractivity contribution in [1.29, 1.82) is 0 Å². The van der Waals surface area contributed by atoms with Crippen molar-refractivity contribution >= 4 is 23.6 Å². The van der Waals surface area contributed by atoms with E-state index in [1.54, 1.807) is 59.6 Å². The van der Waals surface area contributed by atoms with Crippen LogP contribution in [0, 0.1) is 5.82 Å². The maximum absolute atomic E-state index is 13.9. The van der Waals surface area contributed by atoms with Crippen molar-refractivity contribution in [2.75, 3.05) is 38.0 Å². The number of pyridine rings is 1. The molecule has 0 bridgehead atoms. The van der Waals surface area contributed by atoms with Gasteiger partial charge in [-0.2, -0.15) is 0 Å². The number of halogens is 1. The summed E-state index contributed by atoms with van der Waals surface area (Å²) in [6.07, 6.45) is 1.58. The topological polar surface area (TPSA) is 95.1 Å². The van der Waals surface area contributed by atoms with Gasteiger partial charge in [-0.25, -0.2) is 9.18 Å². The number of hydrogen-bond acceptors (Lipinski definition) is 6. The Morgan fingerprint density at radius 1 is 1.05 bits per heavy atom. The van der Waals surface area contributed by atoms with Crippen LogP contribution in [0.4, 0.5) is 14.9 Å². The van der Waals surface area contributed by atoms with E-state index in [2.05, 4.69) is 22.1 Å². The Hall–Kier alpha value is -4.31. The van der Waals surface area contributed by atoms with Crippen LogP contribution >= 0.6 is 0 Å². The van der Waals surface area contributed by atoms with E-state index in [-0.39, 0.29) is 18.4 Å². The van der Waals surface area contributed by atoms with Gasteiger partial charge in [-0.15, -0.1) is 0 Å². The zero-order chi connectivity index (χ0) is 27.4. The Bertz CT molecular complexity index is 1330. The van der Waals surface area contributed by atoms with Crippen molar-refractivity contribution in [3.63, 3.8) is 0 Å². The molecule has 0 aliphatic carbocycles. The highest BCUT2D eigenvalue weighted by Gasteiger charge is 2.48. The van der Waals surface area contributed by atoms with Gasteiger partial charge in [0.05, 0.1) is 12.1 Å². The van der Waals surface area contributed by atoms with E-state index in [1.165, 1.54) is 23.2 Å². The van der Waals surface area contributed by atoms with Gasteiger partial charge in [0.2, 0.25) is 5.91 Å². The molecule has 3 amide bonds. The van der Waals surface area contributed by atoms with E-state index in [1.807, 2.05) is 0 Å². The molecule has 2 saturated heterocycles. The first-order valence-electron chi connectivity index (χ1n) is 13.0. The number of likely N-dealkylation sites (N-methyl/N-ethyl adjacent to an activating group) is 1. The number of benzene rings is 2. The Morgan fingerprint density at radius 3 is 2.49 bits per heavy atom. The standard InChI is InChI=1S/C29H30FN5O4/c1-2-33-13-15-34(16-14-33)28(37)25-26(39-29(38)35(25)19-20-5-3-7-23(30)17-20)21-8-10-24(11-9-21)32-27(36)22-6-4-12-31-18-22/h3-12,17-18,25-26H,2,13-16,19H2,1H3,(H,32,36). The molecule has 2 unspecified atom stereocenters. The highest BCUT2D eigenvalue weighted by Crippen LogP contribution is 2.35. The van der Waals surface area contributed by atoms with Crippen molar-refractivity contribution in [2.24, 2.45) is 0 Å². The highest BCUT2D eigenvalue weighted by atomic mass is 19.1. The van der Waals surface area contributed by atoms with Crippen LogP contribution in [-0.4, -0.2) is 76.4 Å². The molecule has 2 fully saturated rings. The van der Waals surface area contributed by atoms with E-state index in [0.717, 1.165) is 19.6 Å². The van der Waals surface area contributed by atoms with E-state index in [0.29, 0.717) is 35.5 Å². The number of hydrogen-bond donors (Lipinski definition) is 1. The van der Waals surface area contributed by atoms with Crippen molar-refractivity contribution < 1.29 is 23.5 Å². The molecular formula is C29H30FN5O4. The van der Waals surface area contributed by atoms with Gasteiger partial charge in [-0.1, -0.05) is 31.2 Å². The van der Waals surface area contributed by atoms with Crippen LogP contribution in [0.5, 0.6) is 0 Å². The van der Waals surface area contributed by atoms with Gasteiger partial charge in [0.1, 0.15) is 5.82 Å². The number of anilines is 1. The quantitative estimate of drug-likeness (QED) is 0.500. The van der Waals surface area contributed by atoms with Gasteiger partial charge in [-0.3, -0.25) is 19.5 Å². The Labute approximate surface area is 226 Å². The normalized spacial score (nSPS) is 19.6. The summed E-state index contributed by atoms with van der Waals surface area (Å²) >= 11 is 0. The van der Waals surface area contributed by atoms with Gasteiger partial charge >= 0.3 is 6.09 Å². The van der Waals surface area contributed by atoms with Crippen LogP contribution in [0.2, 0.25) is 0 Å². The molecule has 0 saturated carbocycles. The Morgan fingerprint density at radius 2 is 1.82 bits per heavy atom. The number of aromatic nitrogens is 1. The van der Waals surface area contributed by atoms with Gasteiger partial charge < -0.3 is 19.9 Å². The highest BCUT2D eigenvalue weighted by molar-refractivity contribution is 6.04. The van der Waals surface area contributed by atoms with Crippen LogP contribution in [0.3, 0.4) is 0 Å². The molecule has 9 nitrogen and oxygen atoms in total. The molecular weight excluding hydrogens is 501 g/mol. The number of amides is 3. The molecule has 2 aliphatic rings. The number of rotatable bonds is 7. The monoisotopic (exact) mass is 531 g/mol. The summed E-state index contributed by atoms with van der Waals surface area (Å²) in [5.41, 5.74) is 2.16. The predicted molar refractivity (Wildman–Crippen MR) is 142 cm³/mol. The fourth-order valence-corrected chi connectivity index (χ4v) is 4.95. The minimum Gasteiger partial charge on any atom is -0.438 e. The molecule has 0 radical (unpaired) electrons. The lowest BCUT2D eigenvalue weighted by molar-refractivity contribution is -0.138. The van der Waals surface area contributed by atoms with Crippen LogP contribution in [0.25, 0.3) is 0 Å². The summed E-state index contributed by atoms with van der Waals surface area (Å²) < 4.78 is 19.6. The van der Waals surface area contributed by atoms with Gasteiger partial charge in [0.25, 0.3) is 5.91 Å². The summed E-state index contributed by atoms with van der Waals surface area (Å²) in [5.74, 6) is -0.922. The average molecular weight is 532 g/mol. The zero-order valence-electron chi connectivity index (χ0n) is 21.6. The van der Waals surface area contributed by atoms with Crippen molar-refractivity contribution in [2.45, 2.75) is 25.6 Å². The van der Waals surface area contributed by atoms with Crippen molar-refractivity contribution in [3.05, 3.63) is 95.6 Å². The lowest BCUT2D eigenvalue weighted by Gasteiger charge is -2.37. The minimum absolute atomic E-state index is 0.0394. The molecule has 1 N–H and O–H groups in total. The molecule has 10 heteroatoms. The van der Waals surface area contributed by atoms with Gasteiger partial charge in [0.15, 0.2) is 12.1 Å². The van der Waals surface area contributed by atoms with Gasteiger partial charge in [-0.05, 0) is 54.1 Å². The summed E-state index contributed by atoms with van der Waals surface area (Å²) in [4.78, 5) is 48.8. The predicted octanol–water partition coefficient (Wildman–Crippen LogP) is 3.70. The first-order chi connectivity index (χ1) is 18.9. The summed E-state index contributed by atoms with van der Waals surface area (Å²) in [5, 5.41) is 2.81. The second-order valence-electron chi connectivity index (χ2n) is 9.58. The number of piperazine rings is 1. The van der Waals surface area contributed by atoms with E-state index in [9.17, 15) is 18.8 Å². The minimum atomic E-state index is -0.912. The number of ether oxygens (including phenoxy) is 1. The first kappa shape index (κ1) is 26.3. The molecule has 0 spiro atoms.